The van der Waals surface area contributed by atoms with Crippen LogP contribution >= 0.6 is 0 Å². The Morgan fingerprint density at radius 3 is 2.71 bits per heavy atom. The van der Waals surface area contributed by atoms with Gasteiger partial charge in [-0.05, 0) is 35.8 Å². The van der Waals surface area contributed by atoms with E-state index in [4.69, 9.17) is 5.73 Å². The number of nitrogens with two attached hydrogens (primary N) is 1. The summed E-state index contributed by atoms with van der Waals surface area (Å²) >= 11 is 0. The fourth-order valence-corrected chi connectivity index (χ4v) is 2.88. The van der Waals surface area contributed by atoms with Gasteiger partial charge < -0.3 is 5.73 Å². The lowest BCUT2D eigenvalue weighted by Gasteiger charge is -2.17. The Morgan fingerprint density at radius 1 is 1.17 bits per heavy atom. The molecule has 1 heterocycles. The van der Waals surface area contributed by atoms with Gasteiger partial charge in [0.2, 0.25) is 0 Å². The molecule has 1 aliphatic carbocycles. The van der Waals surface area contributed by atoms with E-state index in [9.17, 15) is 8.78 Å². The molecule has 0 aromatic heterocycles. The largest absolute Gasteiger partial charge is 0.329 e. The molecule has 0 saturated heterocycles. The van der Waals surface area contributed by atoms with Gasteiger partial charge in [-0.25, -0.2) is 8.78 Å². The van der Waals surface area contributed by atoms with Gasteiger partial charge >= 0.3 is 0 Å². The standard InChI is InChI=1S/C18H18F2N2.C2H6/c19-13-7-8-16(20)14(9-13)15-10-17(22-18(15)11-21)12-5-3-1-2-4-6-12;1-2/h1-5,7-10,17-18,22H,6,11,21H2;1-2H3. The van der Waals surface area contributed by atoms with Gasteiger partial charge in [-0.3, -0.25) is 5.32 Å². The molecule has 2 aliphatic rings. The van der Waals surface area contributed by atoms with Crippen LogP contribution in [0.3, 0.4) is 0 Å². The molecule has 2 unspecified atom stereocenters. The second-order valence-corrected chi connectivity index (χ2v) is 5.44. The first-order chi connectivity index (χ1) is 11.7. The van der Waals surface area contributed by atoms with Gasteiger partial charge in [0.25, 0.3) is 0 Å². The van der Waals surface area contributed by atoms with Crippen LogP contribution in [0.25, 0.3) is 5.57 Å². The van der Waals surface area contributed by atoms with Crippen molar-refractivity contribution in [3.8, 4) is 0 Å². The van der Waals surface area contributed by atoms with Crippen LogP contribution in [0.15, 0.2) is 60.2 Å². The molecule has 0 fully saturated rings. The van der Waals surface area contributed by atoms with E-state index >= 15 is 0 Å². The predicted molar refractivity (Wildman–Crippen MR) is 96.4 cm³/mol. The van der Waals surface area contributed by atoms with Crippen molar-refractivity contribution < 1.29 is 8.78 Å². The molecule has 2 atom stereocenters. The van der Waals surface area contributed by atoms with Gasteiger partial charge in [0.1, 0.15) is 11.6 Å². The molecular weight excluding hydrogens is 306 g/mol. The fraction of sp³-hybridized carbons (Fsp3) is 0.300. The van der Waals surface area contributed by atoms with E-state index in [0.717, 1.165) is 24.1 Å². The monoisotopic (exact) mass is 330 g/mol. The summed E-state index contributed by atoms with van der Waals surface area (Å²) in [5.74, 6) is -0.876. The number of nitrogens with one attached hydrogen (secondary N) is 1. The maximum absolute atomic E-state index is 14.1. The van der Waals surface area contributed by atoms with E-state index in [1.807, 2.05) is 44.2 Å². The minimum Gasteiger partial charge on any atom is -0.329 e. The van der Waals surface area contributed by atoms with Crippen molar-refractivity contribution in [3.63, 3.8) is 0 Å². The SMILES string of the molecule is CC.NCC1NC(C2=CC=CC=CC2)C=C1c1cc(F)ccc1F. The van der Waals surface area contributed by atoms with E-state index in [1.165, 1.54) is 11.6 Å². The lowest BCUT2D eigenvalue weighted by atomic mass is 9.98. The molecule has 1 aliphatic heterocycles. The van der Waals surface area contributed by atoms with Gasteiger partial charge in [-0.2, -0.15) is 0 Å². The highest BCUT2D eigenvalue weighted by molar-refractivity contribution is 5.74. The number of hydrogen-bond donors (Lipinski definition) is 2. The molecule has 1 aromatic carbocycles. The average molecular weight is 330 g/mol. The second-order valence-electron chi connectivity index (χ2n) is 5.44. The molecule has 0 spiro atoms. The van der Waals surface area contributed by atoms with Crippen molar-refractivity contribution in [1.29, 1.82) is 0 Å². The second kappa shape index (κ2) is 8.71. The molecule has 128 valence electrons. The van der Waals surface area contributed by atoms with Gasteiger partial charge in [-0.15, -0.1) is 0 Å². The lowest BCUT2D eigenvalue weighted by Crippen LogP contribution is -2.38. The number of hydrogen-bond acceptors (Lipinski definition) is 2. The summed E-state index contributed by atoms with van der Waals surface area (Å²) in [5, 5.41) is 3.39. The van der Waals surface area contributed by atoms with E-state index in [-0.39, 0.29) is 17.6 Å². The zero-order valence-electron chi connectivity index (χ0n) is 14.1. The highest BCUT2D eigenvalue weighted by atomic mass is 19.1. The van der Waals surface area contributed by atoms with E-state index in [2.05, 4.69) is 11.4 Å². The molecule has 24 heavy (non-hydrogen) atoms. The van der Waals surface area contributed by atoms with Crippen LogP contribution in [0.1, 0.15) is 25.8 Å². The maximum atomic E-state index is 14.1. The van der Waals surface area contributed by atoms with Gasteiger partial charge in [0, 0.05) is 24.2 Å². The van der Waals surface area contributed by atoms with Crippen LogP contribution in [0, 0.1) is 11.6 Å². The topological polar surface area (TPSA) is 38.0 Å². The number of benzene rings is 1. The third-order valence-corrected chi connectivity index (χ3v) is 4.00. The highest BCUT2D eigenvalue weighted by Gasteiger charge is 2.28. The molecule has 1 aromatic rings. The van der Waals surface area contributed by atoms with Crippen molar-refractivity contribution in [1.82, 2.24) is 5.32 Å². The van der Waals surface area contributed by atoms with Crippen molar-refractivity contribution in [2.24, 2.45) is 5.73 Å². The van der Waals surface area contributed by atoms with Gasteiger partial charge in [-0.1, -0.05) is 50.3 Å². The van der Waals surface area contributed by atoms with Gasteiger partial charge in [0.05, 0.1) is 0 Å². The zero-order chi connectivity index (χ0) is 17.5. The van der Waals surface area contributed by atoms with Crippen LogP contribution in [-0.2, 0) is 0 Å². The van der Waals surface area contributed by atoms with Gasteiger partial charge in [0.15, 0.2) is 0 Å². The van der Waals surface area contributed by atoms with Crippen molar-refractivity contribution in [2.45, 2.75) is 32.4 Å². The molecule has 4 heteroatoms. The third kappa shape index (κ3) is 4.08. The van der Waals surface area contributed by atoms with Crippen LogP contribution in [0.4, 0.5) is 8.78 Å². The molecule has 3 rings (SSSR count). The first kappa shape index (κ1) is 18.3. The summed E-state index contributed by atoms with van der Waals surface area (Å²) in [4.78, 5) is 0. The summed E-state index contributed by atoms with van der Waals surface area (Å²) in [6.07, 6.45) is 12.8. The Bertz CT molecular complexity index is 687. The third-order valence-electron chi connectivity index (χ3n) is 4.00. The molecule has 0 amide bonds. The summed E-state index contributed by atoms with van der Waals surface area (Å²) in [7, 11) is 0. The number of halogens is 2. The lowest BCUT2D eigenvalue weighted by molar-refractivity contribution is 0.588. The number of allylic oxidation sites excluding steroid dienone is 5. The average Bonchev–Trinajstić information content (AvgIpc) is 2.85. The van der Waals surface area contributed by atoms with Crippen LogP contribution in [-0.4, -0.2) is 18.6 Å². The van der Waals surface area contributed by atoms with Crippen molar-refractivity contribution in [2.75, 3.05) is 6.54 Å². The normalized spacial score (nSPS) is 22.4. The zero-order valence-corrected chi connectivity index (χ0v) is 14.1. The van der Waals surface area contributed by atoms with Crippen molar-refractivity contribution >= 4 is 5.57 Å². The Hall–Kier alpha value is -2.04. The Kier molecular flexibility index (Phi) is 6.64. The maximum Gasteiger partial charge on any atom is 0.130 e. The van der Waals surface area contributed by atoms with Crippen molar-refractivity contribution in [3.05, 3.63) is 77.4 Å². The fourth-order valence-electron chi connectivity index (χ4n) is 2.88. The summed E-state index contributed by atoms with van der Waals surface area (Å²) in [5.41, 5.74) is 7.99. The molecule has 2 nitrogen and oxygen atoms in total. The minimum atomic E-state index is -0.448. The molecular formula is C20H24F2N2. The van der Waals surface area contributed by atoms with E-state index < -0.39 is 11.6 Å². The van der Waals surface area contributed by atoms with E-state index in [1.54, 1.807) is 0 Å². The predicted octanol–water partition coefficient (Wildman–Crippen LogP) is 4.12. The summed E-state index contributed by atoms with van der Waals surface area (Å²) in [6, 6.07) is 3.31. The Labute approximate surface area is 142 Å². The molecule has 3 N–H and O–H groups in total. The highest BCUT2D eigenvalue weighted by Crippen LogP contribution is 2.30. The quantitative estimate of drug-likeness (QED) is 0.875. The van der Waals surface area contributed by atoms with Crippen LogP contribution in [0.2, 0.25) is 0 Å². The minimum absolute atomic E-state index is 0.0152. The molecule has 0 saturated carbocycles. The molecule has 0 bridgehead atoms. The summed E-state index contributed by atoms with van der Waals surface area (Å²) < 4.78 is 27.5. The Balaban J connectivity index is 0.00000100. The molecule has 0 radical (unpaired) electrons. The van der Waals surface area contributed by atoms with E-state index in [0.29, 0.717) is 6.54 Å². The first-order valence-electron chi connectivity index (χ1n) is 8.34. The first-order valence-corrected chi connectivity index (χ1v) is 8.34. The summed E-state index contributed by atoms with van der Waals surface area (Å²) in [6.45, 7) is 4.33. The number of rotatable bonds is 3. The Morgan fingerprint density at radius 2 is 1.96 bits per heavy atom. The smallest absolute Gasteiger partial charge is 0.130 e. The van der Waals surface area contributed by atoms with Crippen LogP contribution in [0.5, 0.6) is 0 Å². The van der Waals surface area contributed by atoms with Crippen LogP contribution < -0.4 is 11.1 Å².